The molecular formula is C16H23N3O9. The third-order valence-corrected chi connectivity index (χ3v) is 4.27. The molecule has 1 saturated heterocycles. The molecule has 12 nitrogen and oxygen atoms in total. The Balaban J connectivity index is 1.97. The molecule has 0 spiro atoms. The quantitative estimate of drug-likeness (QED) is 0.263. The van der Waals surface area contributed by atoms with Gasteiger partial charge in [-0.2, -0.15) is 0 Å². The van der Waals surface area contributed by atoms with Crippen molar-refractivity contribution in [2.24, 2.45) is 5.29 Å². The molecule has 12 heteroatoms. The largest absolute Gasteiger partial charge is 0.479 e. The van der Waals surface area contributed by atoms with Crippen LogP contribution in [0.3, 0.4) is 0 Å². The Hall–Kier alpha value is -2.38. The molecule has 0 aromatic heterocycles. The third kappa shape index (κ3) is 5.33. The molecule has 0 aliphatic carbocycles. The van der Waals surface area contributed by atoms with Gasteiger partial charge in [0, 0.05) is 31.8 Å². The fourth-order valence-electron chi connectivity index (χ4n) is 2.70. The third-order valence-electron chi connectivity index (χ3n) is 4.27. The van der Waals surface area contributed by atoms with Gasteiger partial charge in [0.15, 0.2) is 11.9 Å². The summed E-state index contributed by atoms with van der Waals surface area (Å²) in [5.74, 6) is -1.74. The topological polar surface area (TPSA) is 169 Å². The van der Waals surface area contributed by atoms with Crippen molar-refractivity contribution in [1.82, 2.24) is 10.1 Å². The number of carboxylic acids is 1. The van der Waals surface area contributed by atoms with Crippen LogP contribution >= 0.6 is 0 Å². The number of aliphatic hydroxyl groups excluding tert-OH is 3. The second kappa shape index (κ2) is 9.71. The first kappa shape index (κ1) is 21.9. The number of Topliss-reactive ketones (excluding diaryl/α,β-unsaturated/α-hetero) is 1. The van der Waals surface area contributed by atoms with Gasteiger partial charge in [-0.05, 0) is 6.42 Å². The molecule has 0 amide bonds. The van der Waals surface area contributed by atoms with Gasteiger partial charge >= 0.3 is 5.97 Å². The van der Waals surface area contributed by atoms with Crippen LogP contribution in [0.15, 0.2) is 29.2 Å². The molecule has 0 unspecified atom stereocenters. The molecule has 2 aliphatic rings. The summed E-state index contributed by atoms with van der Waals surface area (Å²) >= 11 is 0. The van der Waals surface area contributed by atoms with E-state index in [1.54, 1.807) is 12.2 Å². The molecule has 2 aliphatic heterocycles. The normalized spacial score (nSPS) is 29.9. The van der Waals surface area contributed by atoms with E-state index in [2.05, 4.69) is 5.29 Å². The van der Waals surface area contributed by atoms with Gasteiger partial charge in [-0.25, -0.2) is 9.63 Å². The van der Waals surface area contributed by atoms with E-state index in [9.17, 15) is 29.8 Å². The summed E-state index contributed by atoms with van der Waals surface area (Å²) in [5, 5.41) is 43.5. The predicted octanol–water partition coefficient (Wildman–Crippen LogP) is -1.47. The summed E-state index contributed by atoms with van der Waals surface area (Å²) in [6.07, 6.45) is -3.51. The number of aliphatic hydroxyl groups is 3. The molecule has 2 rings (SSSR count). The van der Waals surface area contributed by atoms with Crippen LogP contribution in [0.4, 0.5) is 0 Å². The zero-order chi connectivity index (χ0) is 20.8. The number of hydrogen-bond donors (Lipinski definition) is 4. The number of carbonyl (C=O) groups is 2. The van der Waals surface area contributed by atoms with Crippen molar-refractivity contribution in [2.75, 3.05) is 20.1 Å². The molecule has 0 radical (unpaired) electrons. The summed E-state index contributed by atoms with van der Waals surface area (Å²) in [6.45, 7) is 0.503. The minimum absolute atomic E-state index is 0.165. The van der Waals surface area contributed by atoms with Crippen molar-refractivity contribution in [3.63, 3.8) is 0 Å². The number of ketones is 1. The van der Waals surface area contributed by atoms with Crippen molar-refractivity contribution in [3.8, 4) is 0 Å². The van der Waals surface area contributed by atoms with Crippen molar-refractivity contribution in [2.45, 2.75) is 43.5 Å². The average Bonchev–Trinajstić information content (AvgIpc) is 2.68. The second-order valence-corrected chi connectivity index (χ2v) is 6.42. The van der Waals surface area contributed by atoms with Crippen LogP contribution in [0.1, 0.15) is 12.8 Å². The number of ether oxygens (including phenoxy) is 1. The first-order chi connectivity index (χ1) is 13.2. The maximum atomic E-state index is 12.2. The van der Waals surface area contributed by atoms with Crippen LogP contribution in [0.5, 0.6) is 0 Å². The summed E-state index contributed by atoms with van der Waals surface area (Å²) in [7, 11) is 1.50. The smallest absolute Gasteiger partial charge is 0.335 e. The monoisotopic (exact) mass is 401 g/mol. The van der Waals surface area contributed by atoms with Crippen molar-refractivity contribution in [3.05, 3.63) is 28.8 Å². The lowest BCUT2D eigenvalue weighted by molar-refractivity contribution is -0.344. The Morgan fingerprint density at radius 1 is 1.32 bits per heavy atom. The highest BCUT2D eigenvalue weighted by atomic mass is 16.8. The number of aliphatic carboxylic acids is 1. The van der Waals surface area contributed by atoms with Gasteiger partial charge in [0.25, 0.3) is 0 Å². The molecule has 0 aromatic carbocycles. The molecule has 4 N–H and O–H groups in total. The summed E-state index contributed by atoms with van der Waals surface area (Å²) in [6, 6.07) is 0. The lowest BCUT2D eigenvalue weighted by Gasteiger charge is -2.39. The molecule has 1 fully saturated rings. The van der Waals surface area contributed by atoms with E-state index in [0.717, 1.165) is 5.06 Å². The fraction of sp³-hybridized carbons (Fsp3) is 0.625. The van der Waals surface area contributed by atoms with Gasteiger partial charge in [0.05, 0.1) is 11.8 Å². The Kier molecular flexibility index (Phi) is 7.60. The number of rotatable bonds is 9. The molecular weight excluding hydrogens is 378 g/mol. The molecule has 28 heavy (non-hydrogen) atoms. The second-order valence-electron chi connectivity index (χ2n) is 6.42. The number of carbonyl (C=O) groups excluding carboxylic acids is 1. The fourth-order valence-corrected chi connectivity index (χ4v) is 2.70. The van der Waals surface area contributed by atoms with Crippen LogP contribution in [-0.2, 0) is 19.2 Å². The summed E-state index contributed by atoms with van der Waals surface area (Å²) < 4.78 is 5.04. The lowest BCUT2D eigenvalue weighted by atomic mass is 9.99. The van der Waals surface area contributed by atoms with E-state index in [1.165, 1.54) is 18.3 Å². The highest BCUT2D eigenvalue weighted by Gasteiger charge is 2.48. The number of hydrogen-bond acceptors (Lipinski definition) is 10. The molecule has 156 valence electrons. The van der Waals surface area contributed by atoms with Gasteiger partial charge in [0.1, 0.15) is 18.3 Å². The van der Waals surface area contributed by atoms with E-state index >= 15 is 0 Å². The highest BCUT2D eigenvalue weighted by molar-refractivity contribution is 5.98. The molecule has 0 aromatic rings. The predicted molar refractivity (Wildman–Crippen MR) is 92.0 cm³/mol. The van der Waals surface area contributed by atoms with Crippen LogP contribution in [0.2, 0.25) is 0 Å². The Bertz CT molecular complexity index is 653. The summed E-state index contributed by atoms with van der Waals surface area (Å²) in [5.41, 5.74) is 0.300. The highest BCUT2D eigenvalue weighted by Crippen LogP contribution is 2.24. The maximum Gasteiger partial charge on any atom is 0.335 e. The Morgan fingerprint density at radius 3 is 2.68 bits per heavy atom. The van der Waals surface area contributed by atoms with Crippen molar-refractivity contribution in [1.29, 1.82) is 0 Å². The van der Waals surface area contributed by atoms with Crippen molar-refractivity contribution < 1.29 is 39.6 Å². The Labute approximate surface area is 160 Å². The van der Waals surface area contributed by atoms with E-state index in [-0.39, 0.29) is 18.7 Å². The minimum Gasteiger partial charge on any atom is -0.479 e. The van der Waals surface area contributed by atoms with Gasteiger partial charge in [-0.1, -0.05) is 12.2 Å². The van der Waals surface area contributed by atoms with Gasteiger partial charge < -0.3 is 25.2 Å². The van der Waals surface area contributed by atoms with E-state index in [0.29, 0.717) is 18.5 Å². The van der Waals surface area contributed by atoms with Crippen LogP contribution in [0.25, 0.3) is 0 Å². The molecule has 2 heterocycles. The molecule has 0 bridgehead atoms. The number of carboxylic acid groups (broad SMARTS) is 1. The molecule has 5 atom stereocenters. The van der Waals surface area contributed by atoms with Crippen LogP contribution < -0.4 is 0 Å². The standard InChI is InChI=1S/C16H23N3O9/c1-18(17-26)6-3-5-10(20)9-4-2-7-19(8-9)28-16-13(23)11(21)12(22)14(27-16)15(24)25/h2,4,8,11-14,16,21-23H,3,5-7H2,1H3,(H,24,25)/t11-,12-,13+,14-,16-/m0/s1. The molecule has 0 saturated carbocycles. The summed E-state index contributed by atoms with van der Waals surface area (Å²) in [4.78, 5) is 39.0. The van der Waals surface area contributed by atoms with E-state index < -0.39 is 36.7 Å². The van der Waals surface area contributed by atoms with Gasteiger partial charge in [-0.15, -0.1) is 4.91 Å². The minimum atomic E-state index is -1.82. The first-order valence-corrected chi connectivity index (χ1v) is 8.56. The zero-order valence-corrected chi connectivity index (χ0v) is 15.1. The average molecular weight is 401 g/mol. The number of allylic oxidation sites excluding steroid dienone is 2. The number of nitrogens with zero attached hydrogens (tertiary/aromatic N) is 3. The van der Waals surface area contributed by atoms with E-state index in [1.807, 2.05) is 0 Å². The van der Waals surface area contributed by atoms with Gasteiger partial charge in [-0.3, -0.25) is 14.9 Å². The SMILES string of the molecule is CN(CCCC(=O)C1=CN(O[C@@H]2O[C@H](C(=O)O)[C@@H](O)[C@H](O)[C@H]2O)CC=C1)N=O. The zero-order valence-electron chi connectivity index (χ0n) is 15.1. The maximum absolute atomic E-state index is 12.2. The van der Waals surface area contributed by atoms with Gasteiger partial charge in [0.2, 0.25) is 6.29 Å². The Morgan fingerprint density at radius 2 is 2.04 bits per heavy atom. The van der Waals surface area contributed by atoms with Crippen molar-refractivity contribution >= 4 is 11.8 Å². The van der Waals surface area contributed by atoms with Crippen LogP contribution in [-0.4, -0.2) is 93.1 Å². The lowest BCUT2D eigenvalue weighted by Crippen LogP contribution is -2.61. The van der Waals surface area contributed by atoms with E-state index in [4.69, 9.17) is 14.7 Å². The number of hydroxylamine groups is 2. The number of nitroso groups, excluding NO2 is 1. The van der Waals surface area contributed by atoms with Crippen LogP contribution in [0, 0.1) is 4.91 Å². The first-order valence-electron chi connectivity index (χ1n) is 8.56.